The Morgan fingerprint density at radius 3 is 2.68 bits per heavy atom. The molecule has 3 aromatic rings. The third-order valence-electron chi connectivity index (χ3n) is 2.84. The van der Waals surface area contributed by atoms with Crippen molar-refractivity contribution in [2.24, 2.45) is 0 Å². The van der Waals surface area contributed by atoms with Crippen LogP contribution in [0.5, 0.6) is 0 Å². The number of halogens is 3. The highest BCUT2D eigenvalue weighted by Gasteiger charge is 2.10. The summed E-state index contributed by atoms with van der Waals surface area (Å²) in [6.45, 7) is 0.361. The minimum absolute atomic E-state index is 0.0750. The molecule has 0 unspecified atom stereocenters. The minimum atomic E-state index is -0.254. The molecule has 2 aromatic heterocycles. The molecular weight excluding hydrogens is 288 g/mol. The third kappa shape index (κ3) is 2.29. The molecule has 6 heteroatoms. The quantitative estimate of drug-likeness (QED) is 0.530. The van der Waals surface area contributed by atoms with Crippen LogP contribution < -0.4 is 0 Å². The summed E-state index contributed by atoms with van der Waals surface area (Å²) in [5.74, 6) is -0.254. The maximum Gasteiger partial charge on any atom is 0.225 e. The Bertz CT molecular complexity index is 755. The summed E-state index contributed by atoms with van der Waals surface area (Å²) in [6.07, 6.45) is 1.79. The molecule has 1 aromatic carbocycles. The van der Waals surface area contributed by atoms with Gasteiger partial charge in [0.1, 0.15) is 16.6 Å². The van der Waals surface area contributed by atoms with E-state index < -0.39 is 0 Å². The molecule has 0 N–H and O–H groups in total. The van der Waals surface area contributed by atoms with E-state index in [1.54, 1.807) is 35.0 Å². The molecule has 0 atom stereocenters. The summed E-state index contributed by atoms with van der Waals surface area (Å²) in [5.41, 5.74) is 1.17. The van der Waals surface area contributed by atoms with E-state index in [1.165, 1.54) is 6.07 Å². The first kappa shape index (κ1) is 12.4. The Hall–Kier alpha value is -1.65. The van der Waals surface area contributed by atoms with Crippen LogP contribution in [0.4, 0.5) is 4.39 Å². The number of fused-ring (bicyclic) bond motifs is 1. The summed E-state index contributed by atoms with van der Waals surface area (Å²) in [6, 6.07) is 8.39. The lowest BCUT2D eigenvalue weighted by Crippen LogP contribution is -2.02. The van der Waals surface area contributed by atoms with E-state index in [0.717, 1.165) is 0 Å². The first-order valence-electron chi connectivity index (χ1n) is 5.56. The van der Waals surface area contributed by atoms with Crippen LogP contribution in [-0.4, -0.2) is 14.5 Å². The molecule has 0 spiro atoms. The van der Waals surface area contributed by atoms with Crippen molar-refractivity contribution in [3.05, 3.63) is 58.3 Å². The van der Waals surface area contributed by atoms with Crippen LogP contribution in [0, 0.1) is 5.82 Å². The average Bonchev–Trinajstić information content (AvgIpc) is 2.76. The van der Waals surface area contributed by atoms with E-state index >= 15 is 0 Å². The second-order valence-electron chi connectivity index (χ2n) is 4.06. The van der Waals surface area contributed by atoms with Gasteiger partial charge in [-0.3, -0.25) is 0 Å². The molecule has 0 fully saturated rings. The summed E-state index contributed by atoms with van der Waals surface area (Å²) < 4.78 is 15.4. The molecule has 96 valence electrons. The number of hydrogen-bond donors (Lipinski definition) is 0. The molecular formula is C13H8Cl2FN3. The second-order valence-corrected chi connectivity index (χ2v) is 4.75. The Balaban J connectivity index is 2.09. The minimum Gasteiger partial charge on any atom is -0.328 e. The molecule has 0 aliphatic rings. The molecule has 0 radical (unpaired) electrons. The molecule has 0 bridgehead atoms. The fourth-order valence-electron chi connectivity index (χ4n) is 1.94. The van der Waals surface area contributed by atoms with Crippen molar-refractivity contribution in [3.63, 3.8) is 0 Å². The largest absolute Gasteiger partial charge is 0.328 e. The van der Waals surface area contributed by atoms with Crippen molar-refractivity contribution in [2.75, 3.05) is 0 Å². The van der Waals surface area contributed by atoms with Crippen LogP contribution in [0.1, 0.15) is 5.56 Å². The SMILES string of the molecule is Fc1ccccc1Cn1ccc2c(Cl)nc(Cl)nc21. The van der Waals surface area contributed by atoms with Crippen molar-refractivity contribution in [3.8, 4) is 0 Å². The van der Waals surface area contributed by atoms with Gasteiger partial charge in [0.15, 0.2) is 0 Å². The third-order valence-corrected chi connectivity index (χ3v) is 3.30. The van der Waals surface area contributed by atoms with Gasteiger partial charge in [-0.1, -0.05) is 29.8 Å². The zero-order valence-electron chi connectivity index (χ0n) is 9.65. The Morgan fingerprint density at radius 2 is 1.89 bits per heavy atom. The van der Waals surface area contributed by atoms with Crippen LogP contribution in [0.25, 0.3) is 11.0 Å². The fourth-order valence-corrected chi connectivity index (χ4v) is 2.38. The molecule has 0 amide bonds. The maximum absolute atomic E-state index is 13.6. The van der Waals surface area contributed by atoms with Crippen molar-refractivity contribution < 1.29 is 4.39 Å². The number of aromatic nitrogens is 3. The molecule has 3 rings (SSSR count). The van der Waals surface area contributed by atoms with E-state index in [0.29, 0.717) is 28.3 Å². The standard InChI is InChI=1S/C13H8Cl2FN3/c14-11-9-5-6-19(12(9)18-13(15)17-11)7-8-3-1-2-4-10(8)16/h1-6H,7H2. The summed E-state index contributed by atoms with van der Waals surface area (Å²) >= 11 is 11.8. The van der Waals surface area contributed by atoms with Crippen LogP contribution >= 0.6 is 23.2 Å². The van der Waals surface area contributed by atoms with E-state index in [-0.39, 0.29) is 11.1 Å². The van der Waals surface area contributed by atoms with Crippen LogP contribution in [-0.2, 0) is 6.54 Å². The lowest BCUT2D eigenvalue weighted by atomic mass is 10.2. The number of benzene rings is 1. The van der Waals surface area contributed by atoms with E-state index in [9.17, 15) is 4.39 Å². The zero-order chi connectivity index (χ0) is 13.4. The second kappa shape index (κ2) is 4.79. The summed E-state index contributed by atoms with van der Waals surface area (Å²) in [5, 5.41) is 1.07. The van der Waals surface area contributed by atoms with Gasteiger partial charge in [0.2, 0.25) is 5.28 Å². The van der Waals surface area contributed by atoms with Crippen molar-refractivity contribution in [2.45, 2.75) is 6.54 Å². The summed E-state index contributed by atoms with van der Waals surface area (Å²) in [4.78, 5) is 8.00. The average molecular weight is 296 g/mol. The van der Waals surface area contributed by atoms with Gasteiger partial charge in [-0.2, -0.15) is 4.98 Å². The Labute approximate surface area is 118 Å². The molecule has 2 heterocycles. The number of rotatable bonds is 2. The Morgan fingerprint density at radius 1 is 1.11 bits per heavy atom. The highest BCUT2D eigenvalue weighted by atomic mass is 35.5. The predicted octanol–water partition coefficient (Wildman–Crippen LogP) is 3.93. The van der Waals surface area contributed by atoms with Crippen LogP contribution in [0.2, 0.25) is 10.4 Å². The van der Waals surface area contributed by atoms with Crippen LogP contribution in [0.15, 0.2) is 36.5 Å². The first-order chi connectivity index (χ1) is 9.15. The summed E-state index contributed by atoms with van der Waals surface area (Å²) in [7, 11) is 0. The normalized spacial score (nSPS) is 11.1. The lowest BCUT2D eigenvalue weighted by molar-refractivity contribution is 0.601. The van der Waals surface area contributed by atoms with Crippen molar-refractivity contribution >= 4 is 34.2 Å². The molecule has 3 nitrogen and oxygen atoms in total. The molecule has 19 heavy (non-hydrogen) atoms. The van der Waals surface area contributed by atoms with Gasteiger partial charge in [0.05, 0.1) is 11.9 Å². The van der Waals surface area contributed by atoms with Gasteiger partial charge < -0.3 is 4.57 Å². The van der Waals surface area contributed by atoms with E-state index in [1.807, 2.05) is 0 Å². The molecule has 0 aliphatic carbocycles. The maximum atomic E-state index is 13.6. The number of nitrogens with zero attached hydrogens (tertiary/aromatic N) is 3. The van der Waals surface area contributed by atoms with E-state index in [4.69, 9.17) is 23.2 Å². The zero-order valence-corrected chi connectivity index (χ0v) is 11.2. The molecule has 0 saturated carbocycles. The molecule has 0 aliphatic heterocycles. The highest BCUT2D eigenvalue weighted by molar-refractivity contribution is 6.35. The van der Waals surface area contributed by atoms with Crippen LogP contribution in [0.3, 0.4) is 0 Å². The van der Waals surface area contributed by atoms with Gasteiger partial charge in [-0.25, -0.2) is 9.37 Å². The van der Waals surface area contributed by atoms with Gasteiger partial charge in [0.25, 0.3) is 0 Å². The Kier molecular flexibility index (Phi) is 3.12. The van der Waals surface area contributed by atoms with Crippen molar-refractivity contribution in [1.82, 2.24) is 14.5 Å². The predicted molar refractivity (Wildman–Crippen MR) is 73.1 cm³/mol. The fraction of sp³-hybridized carbons (Fsp3) is 0.0769. The monoisotopic (exact) mass is 295 g/mol. The smallest absolute Gasteiger partial charge is 0.225 e. The van der Waals surface area contributed by atoms with E-state index in [2.05, 4.69) is 9.97 Å². The topological polar surface area (TPSA) is 30.7 Å². The number of hydrogen-bond acceptors (Lipinski definition) is 2. The first-order valence-corrected chi connectivity index (χ1v) is 6.32. The lowest BCUT2D eigenvalue weighted by Gasteiger charge is -2.06. The van der Waals surface area contributed by atoms with Gasteiger partial charge in [-0.15, -0.1) is 0 Å². The molecule has 0 saturated heterocycles. The van der Waals surface area contributed by atoms with Gasteiger partial charge in [-0.05, 0) is 23.7 Å². The van der Waals surface area contributed by atoms with Gasteiger partial charge >= 0.3 is 0 Å². The van der Waals surface area contributed by atoms with Crippen molar-refractivity contribution in [1.29, 1.82) is 0 Å². The van der Waals surface area contributed by atoms with Gasteiger partial charge in [0, 0.05) is 11.8 Å². The highest BCUT2D eigenvalue weighted by Crippen LogP contribution is 2.24.